The number of carbonyl (C=O) groups excluding carboxylic acids is 1. The standard InChI is InChI=1S/C23H21Cl2N3O7S2/c24-15-3-5-16(6-4-15)35-20(22(31)27-23-26-18(13-19(29)30)21(25)36-23)14-1-7-17(8-2-14)37(32,33)28-9-11-34-12-10-28/h1-8,20H,9-13H2,(H,29,30)(H,26,27,31). The van der Waals surface area contributed by atoms with Crippen LogP contribution in [-0.4, -0.2) is 61.0 Å². The van der Waals surface area contributed by atoms with Crippen LogP contribution in [0.3, 0.4) is 0 Å². The van der Waals surface area contributed by atoms with Crippen molar-refractivity contribution in [2.45, 2.75) is 17.4 Å². The van der Waals surface area contributed by atoms with Crippen LogP contribution in [0.1, 0.15) is 17.4 Å². The topological polar surface area (TPSA) is 135 Å². The van der Waals surface area contributed by atoms with Crippen molar-refractivity contribution in [3.8, 4) is 5.75 Å². The van der Waals surface area contributed by atoms with Crippen molar-refractivity contribution >= 4 is 61.6 Å². The molecule has 37 heavy (non-hydrogen) atoms. The van der Waals surface area contributed by atoms with E-state index >= 15 is 0 Å². The molecule has 2 aromatic carbocycles. The van der Waals surface area contributed by atoms with Gasteiger partial charge in [-0.25, -0.2) is 13.4 Å². The fourth-order valence-electron chi connectivity index (χ4n) is 3.48. The van der Waals surface area contributed by atoms with Crippen LogP contribution in [0.15, 0.2) is 53.4 Å². The number of rotatable bonds is 9. The zero-order valence-electron chi connectivity index (χ0n) is 19.1. The molecule has 1 atom stereocenters. The second-order valence-electron chi connectivity index (χ2n) is 7.84. The number of hydrogen-bond acceptors (Lipinski definition) is 8. The highest BCUT2D eigenvalue weighted by Gasteiger charge is 2.29. The predicted octanol–water partition coefficient (Wildman–Crippen LogP) is 3.86. The van der Waals surface area contributed by atoms with E-state index < -0.39 is 34.4 Å². The first-order chi connectivity index (χ1) is 17.6. The lowest BCUT2D eigenvalue weighted by Gasteiger charge is -2.26. The number of hydrogen-bond donors (Lipinski definition) is 2. The molecule has 0 saturated carbocycles. The van der Waals surface area contributed by atoms with Gasteiger partial charge in [0.15, 0.2) is 5.13 Å². The third-order valence-electron chi connectivity index (χ3n) is 5.29. The molecule has 1 saturated heterocycles. The van der Waals surface area contributed by atoms with Crippen LogP contribution in [0.5, 0.6) is 5.75 Å². The van der Waals surface area contributed by atoms with Gasteiger partial charge in [-0.2, -0.15) is 4.31 Å². The molecule has 3 aromatic rings. The van der Waals surface area contributed by atoms with Crippen LogP contribution < -0.4 is 10.1 Å². The molecule has 0 bridgehead atoms. The van der Waals surface area contributed by atoms with Gasteiger partial charge in [0, 0.05) is 23.7 Å². The maximum atomic E-state index is 13.3. The minimum Gasteiger partial charge on any atom is -0.481 e. The van der Waals surface area contributed by atoms with Crippen LogP contribution in [0.2, 0.25) is 9.36 Å². The number of nitrogens with one attached hydrogen (secondary N) is 1. The summed E-state index contributed by atoms with van der Waals surface area (Å²) in [6.07, 6.45) is -1.60. The summed E-state index contributed by atoms with van der Waals surface area (Å²) in [7, 11) is -3.72. The fraction of sp³-hybridized carbons (Fsp3) is 0.261. The normalized spacial score (nSPS) is 15.2. The van der Waals surface area contributed by atoms with Crippen molar-refractivity contribution in [2.24, 2.45) is 0 Å². The van der Waals surface area contributed by atoms with Gasteiger partial charge in [0.25, 0.3) is 5.91 Å². The Balaban J connectivity index is 1.60. The third kappa shape index (κ3) is 6.78. The molecule has 1 fully saturated rings. The number of benzene rings is 2. The number of carbonyl (C=O) groups is 2. The Morgan fingerprint density at radius 2 is 1.76 bits per heavy atom. The number of aliphatic carboxylic acids is 1. The van der Waals surface area contributed by atoms with Crippen molar-refractivity contribution in [3.05, 3.63) is 69.1 Å². The minimum absolute atomic E-state index is 0.0776. The van der Waals surface area contributed by atoms with Crippen LogP contribution >= 0.6 is 34.5 Å². The van der Waals surface area contributed by atoms with Gasteiger partial charge in [-0.05, 0) is 36.4 Å². The molecule has 0 spiro atoms. The van der Waals surface area contributed by atoms with E-state index in [2.05, 4.69) is 10.3 Å². The molecular formula is C23H21Cl2N3O7S2. The van der Waals surface area contributed by atoms with E-state index in [1.165, 1.54) is 28.6 Å². The first-order valence-corrected chi connectivity index (χ1v) is 13.9. The Morgan fingerprint density at radius 3 is 2.38 bits per heavy atom. The second-order valence-corrected chi connectivity index (χ2v) is 11.8. The summed E-state index contributed by atoms with van der Waals surface area (Å²) in [4.78, 5) is 28.4. The summed E-state index contributed by atoms with van der Waals surface area (Å²) in [5.74, 6) is -1.38. The Hall–Kier alpha value is -2.74. The highest BCUT2D eigenvalue weighted by Crippen LogP contribution is 2.31. The number of morpholine rings is 1. The maximum absolute atomic E-state index is 13.3. The largest absolute Gasteiger partial charge is 0.481 e. The number of carboxylic acids is 1. The summed E-state index contributed by atoms with van der Waals surface area (Å²) < 4.78 is 38.6. The highest BCUT2D eigenvalue weighted by atomic mass is 35.5. The molecule has 1 amide bonds. The van der Waals surface area contributed by atoms with E-state index in [0.717, 1.165) is 11.3 Å². The van der Waals surface area contributed by atoms with E-state index in [9.17, 15) is 18.0 Å². The van der Waals surface area contributed by atoms with Gasteiger partial charge < -0.3 is 14.6 Å². The van der Waals surface area contributed by atoms with E-state index in [1.807, 2.05) is 0 Å². The lowest BCUT2D eigenvalue weighted by molar-refractivity contribution is -0.136. The molecule has 1 aromatic heterocycles. The van der Waals surface area contributed by atoms with Crippen LogP contribution in [0.4, 0.5) is 5.13 Å². The molecule has 0 radical (unpaired) electrons. The predicted molar refractivity (Wildman–Crippen MR) is 138 cm³/mol. The van der Waals surface area contributed by atoms with Crippen molar-refractivity contribution in [1.82, 2.24) is 9.29 Å². The molecule has 10 nitrogen and oxygen atoms in total. The van der Waals surface area contributed by atoms with E-state index in [4.69, 9.17) is 37.8 Å². The Labute approximate surface area is 226 Å². The molecule has 0 aliphatic carbocycles. The lowest BCUT2D eigenvalue weighted by atomic mass is 10.1. The number of carboxylic acid groups (broad SMARTS) is 1. The number of ether oxygens (including phenoxy) is 2. The number of thiazole rings is 1. The summed E-state index contributed by atoms with van der Waals surface area (Å²) in [6, 6.07) is 12.2. The molecular weight excluding hydrogens is 565 g/mol. The van der Waals surface area contributed by atoms with Gasteiger partial charge in [0.2, 0.25) is 16.1 Å². The molecule has 1 unspecified atom stereocenters. The van der Waals surface area contributed by atoms with Crippen LogP contribution in [0.25, 0.3) is 0 Å². The van der Waals surface area contributed by atoms with Gasteiger partial charge in [-0.3, -0.25) is 14.9 Å². The van der Waals surface area contributed by atoms with Crippen molar-refractivity contribution < 1.29 is 32.6 Å². The zero-order chi connectivity index (χ0) is 26.6. The summed E-state index contributed by atoms with van der Waals surface area (Å²) in [5.41, 5.74) is 0.504. The highest BCUT2D eigenvalue weighted by molar-refractivity contribution is 7.89. The van der Waals surface area contributed by atoms with Crippen LogP contribution in [-0.2, 0) is 30.8 Å². The van der Waals surface area contributed by atoms with E-state index in [-0.39, 0.29) is 33.1 Å². The smallest absolute Gasteiger partial charge is 0.309 e. The maximum Gasteiger partial charge on any atom is 0.309 e. The summed E-state index contributed by atoms with van der Waals surface area (Å²) in [6.45, 7) is 1.16. The van der Waals surface area contributed by atoms with Crippen molar-refractivity contribution in [2.75, 3.05) is 31.6 Å². The monoisotopic (exact) mass is 585 g/mol. The SMILES string of the molecule is O=C(O)Cc1nc(NC(=O)C(Oc2ccc(Cl)cc2)c2ccc(S(=O)(=O)N3CCOCC3)cc2)sc1Cl. The van der Waals surface area contributed by atoms with Gasteiger partial charge >= 0.3 is 5.97 Å². The third-order valence-corrected chi connectivity index (χ3v) is 8.71. The average Bonchev–Trinajstić information content (AvgIpc) is 3.21. The van der Waals surface area contributed by atoms with Gasteiger partial charge in [-0.15, -0.1) is 0 Å². The number of aromatic nitrogens is 1. The van der Waals surface area contributed by atoms with Gasteiger partial charge in [0.05, 0.1) is 30.2 Å². The Kier molecular flexibility index (Phi) is 8.67. The molecule has 196 valence electrons. The van der Waals surface area contributed by atoms with Gasteiger partial charge in [0.1, 0.15) is 10.1 Å². The molecule has 14 heteroatoms. The Morgan fingerprint density at radius 1 is 1.11 bits per heavy atom. The molecule has 2 heterocycles. The molecule has 4 rings (SSSR count). The lowest BCUT2D eigenvalue weighted by Crippen LogP contribution is -2.40. The number of amides is 1. The fourth-order valence-corrected chi connectivity index (χ4v) is 6.06. The number of nitrogens with zero attached hydrogens (tertiary/aromatic N) is 2. The molecule has 2 N–H and O–H groups in total. The minimum atomic E-state index is -3.72. The average molecular weight is 586 g/mol. The quantitative estimate of drug-likeness (QED) is 0.386. The zero-order valence-corrected chi connectivity index (χ0v) is 22.2. The van der Waals surface area contributed by atoms with E-state index in [1.54, 1.807) is 24.3 Å². The first kappa shape index (κ1) is 27.3. The number of halogens is 2. The van der Waals surface area contributed by atoms with Crippen molar-refractivity contribution in [1.29, 1.82) is 0 Å². The van der Waals surface area contributed by atoms with E-state index in [0.29, 0.717) is 29.5 Å². The van der Waals surface area contributed by atoms with Crippen molar-refractivity contribution in [3.63, 3.8) is 0 Å². The summed E-state index contributed by atoms with van der Waals surface area (Å²) in [5, 5.41) is 12.2. The van der Waals surface area contributed by atoms with Gasteiger partial charge in [-0.1, -0.05) is 46.7 Å². The summed E-state index contributed by atoms with van der Waals surface area (Å²) >= 11 is 12.9. The Bertz CT molecular complexity index is 1370. The number of sulfonamides is 1. The first-order valence-electron chi connectivity index (χ1n) is 10.9. The number of anilines is 1. The van der Waals surface area contributed by atoms with Crippen LogP contribution in [0, 0.1) is 0 Å². The molecule has 1 aliphatic heterocycles. The second kappa shape index (κ2) is 11.8. The molecule has 1 aliphatic rings.